The summed E-state index contributed by atoms with van der Waals surface area (Å²) in [6, 6.07) is 0. The van der Waals surface area contributed by atoms with Crippen LogP contribution in [0.25, 0.3) is 0 Å². The van der Waals surface area contributed by atoms with Crippen molar-refractivity contribution in [1.82, 2.24) is 9.78 Å². The number of carbonyl (C=O) groups excluding carboxylic acids is 1. The molecule has 0 aromatic carbocycles. The molecule has 1 heterocycles. The van der Waals surface area contributed by atoms with Gasteiger partial charge in [0.25, 0.3) is 6.43 Å². The monoisotopic (exact) mass is 268 g/mol. The van der Waals surface area contributed by atoms with Crippen LogP contribution in [-0.2, 0) is 11.3 Å². The first-order valence-electron chi connectivity index (χ1n) is 3.64. The highest BCUT2D eigenvalue weighted by molar-refractivity contribution is 9.10. The van der Waals surface area contributed by atoms with E-state index in [0.717, 1.165) is 4.68 Å². The Morgan fingerprint density at radius 2 is 2.43 bits per heavy atom. The van der Waals surface area contributed by atoms with E-state index < -0.39 is 18.9 Å². The number of rotatable bonds is 3. The zero-order valence-corrected chi connectivity index (χ0v) is 8.79. The van der Waals surface area contributed by atoms with Crippen molar-refractivity contribution < 1.29 is 18.3 Å². The van der Waals surface area contributed by atoms with Crippen LogP contribution in [0.2, 0.25) is 0 Å². The van der Waals surface area contributed by atoms with Gasteiger partial charge >= 0.3 is 5.97 Å². The van der Waals surface area contributed by atoms with Gasteiger partial charge in [0.2, 0.25) is 0 Å². The van der Waals surface area contributed by atoms with Gasteiger partial charge in [-0.1, -0.05) is 0 Å². The summed E-state index contributed by atoms with van der Waals surface area (Å²) < 4.78 is 29.5. The molecule has 0 bridgehead atoms. The minimum Gasteiger partial charge on any atom is -0.465 e. The summed E-state index contributed by atoms with van der Waals surface area (Å²) >= 11 is 2.97. The molecule has 0 atom stereocenters. The molecule has 1 aromatic heterocycles. The highest BCUT2D eigenvalue weighted by Gasteiger charge is 2.16. The Morgan fingerprint density at radius 3 is 2.93 bits per heavy atom. The number of methoxy groups -OCH3 is 1. The minimum absolute atomic E-state index is 0.133. The highest BCUT2D eigenvalue weighted by atomic mass is 79.9. The molecule has 0 aliphatic carbocycles. The van der Waals surface area contributed by atoms with Gasteiger partial charge in [-0.25, -0.2) is 13.6 Å². The molecular formula is C7H7BrF2N2O2. The summed E-state index contributed by atoms with van der Waals surface area (Å²) in [6.45, 7) is -0.546. The Hall–Kier alpha value is -0.980. The first-order chi connectivity index (χ1) is 6.54. The molecule has 0 N–H and O–H groups in total. The van der Waals surface area contributed by atoms with E-state index in [4.69, 9.17) is 0 Å². The third-order valence-electron chi connectivity index (χ3n) is 1.45. The van der Waals surface area contributed by atoms with Gasteiger partial charge in [-0.15, -0.1) is 0 Å². The fourth-order valence-electron chi connectivity index (χ4n) is 0.880. The van der Waals surface area contributed by atoms with Gasteiger partial charge in [-0.05, 0) is 15.9 Å². The van der Waals surface area contributed by atoms with E-state index in [-0.39, 0.29) is 10.2 Å². The van der Waals surface area contributed by atoms with Crippen LogP contribution in [0.5, 0.6) is 0 Å². The van der Waals surface area contributed by atoms with Crippen molar-refractivity contribution in [3.8, 4) is 0 Å². The standard InChI is InChI=1S/C7H7BrF2N2O2/c1-14-7(13)4-2-12(3-5(9)10)11-6(4)8/h2,5H,3H2,1H3. The molecule has 0 amide bonds. The number of alkyl halides is 2. The summed E-state index contributed by atoms with van der Waals surface area (Å²) in [6.07, 6.45) is -1.30. The first kappa shape index (κ1) is 11.1. The Bertz CT molecular complexity index is 340. The van der Waals surface area contributed by atoms with Crippen LogP contribution < -0.4 is 0 Å². The quantitative estimate of drug-likeness (QED) is 0.784. The lowest BCUT2D eigenvalue weighted by Crippen LogP contribution is -2.07. The van der Waals surface area contributed by atoms with Crippen molar-refractivity contribution in [1.29, 1.82) is 0 Å². The summed E-state index contributed by atoms with van der Waals surface area (Å²) in [4.78, 5) is 11.0. The van der Waals surface area contributed by atoms with Crippen molar-refractivity contribution in [3.63, 3.8) is 0 Å². The lowest BCUT2D eigenvalue weighted by molar-refractivity contribution is 0.0599. The van der Waals surface area contributed by atoms with Crippen LogP contribution in [0, 0.1) is 0 Å². The third kappa shape index (κ3) is 2.50. The van der Waals surface area contributed by atoms with Crippen LogP contribution in [0.1, 0.15) is 10.4 Å². The second-order valence-corrected chi connectivity index (χ2v) is 3.19. The molecule has 0 saturated carbocycles. The fraction of sp³-hybridized carbons (Fsp3) is 0.429. The Morgan fingerprint density at radius 1 is 1.79 bits per heavy atom. The van der Waals surface area contributed by atoms with Crippen molar-refractivity contribution in [2.75, 3.05) is 7.11 Å². The number of esters is 1. The van der Waals surface area contributed by atoms with E-state index in [1.807, 2.05) is 0 Å². The Balaban J connectivity index is 2.87. The topological polar surface area (TPSA) is 44.1 Å². The van der Waals surface area contributed by atoms with Crippen molar-refractivity contribution >= 4 is 21.9 Å². The van der Waals surface area contributed by atoms with Gasteiger partial charge < -0.3 is 4.74 Å². The van der Waals surface area contributed by atoms with E-state index in [9.17, 15) is 13.6 Å². The molecular weight excluding hydrogens is 262 g/mol. The molecule has 0 spiro atoms. The maximum Gasteiger partial charge on any atom is 0.342 e. The Kier molecular flexibility index (Phi) is 3.56. The van der Waals surface area contributed by atoms with E-state index in [0.29, 0.717) is 0 Å². The zero-order valence-electron chi connectivity index (χ0n) is 7.21. The molecule has 7 heteroatoms. The van der Waals surface area contributed by atoms with Crippen LogP contribution >= 0.6 is 15.9 Å². The van der Waals surface area contributed by atoms with Gasteiger partial charge in [-0.3, -0.25) is 4.68 Å². The second-order valence-electron chi connectivity index (χ2n) is 2.44. The zero-order chi connectivity index (χ0) is 10.7. The predicted octanol–water partition coefficient (Wildman–Crippen LogP) is 1.70. The maximum absolute atomic E-state index is 12.0. The van der Waals surface area contributed by atoms with Crippen molar-refractivity contribution in [2.24, 2.45) is 0 Å². The number of carbonyl (C=O) groups is 1. The average molecular weight is 269 g/mol. The molecule has 0 unspecified atom stereocenters. The summed E-state index contributed by atoms with van der Waals surface area (Å²) in [7, 11) is 1.21. The van der Waals surface area contributed by atoms with Crippen molar-refractivity contribution in [2.45, 2.75) is 13.0 Å². The smallest absolute Gasteiger partial charge is 0.342 e. The molecule has 0 aliphatic rings. The Labute approximate surface area is 87.0 Å². The van der Waals surface area contributed by atoms with Gasteiger partial charge in [0.1, 0.15) is 16.7 Å². The van der Waals surface area contributed by atoms with Crippen LogP contribution in [0.15, 0.2) is 10.8 Å². The second kappa shape index (κ2) is 4.50. The predicted molar refractivity (Wildman–Crippen MR) is 47.3 cm³/mol. The SMILES string of the molecule is COC(=O)c1cn(CC(F)F)nc1Br. The molecule has 0 saturated heterocycles. The van der Waals surface area contributed by atoms with Crippen LogP contribution in [0.3, 0.4) is 0 Å². The van der Waals surface area contributed by atoms with Gasteiger partial charge in [0.15, 0.2) is 0 Å². The lowest BCUT2D eigenvalue weighted by Gasteiger charge is -1.97. The molecule has 14 heavy (non-hydrogen) atoms. The molecule has 0 radical (unpaired) electrons. The van der Waals surface area contributed by atoms with E-state index in [1.54, 1.807) is 0 Å². The minimum atomic E-state index is -2.51. The maximum atomic E-state index is 12.0. The summed E-state index contributed by atoms with van der Waals surface area (Å²) in [5.41, 5.74) is 0.133. The molecule has 0 aliphatic heterocycles. The highest BCUT2D eigenvalue weighted by Crippen LogP contribution is 2.15. The van der Waals surface area contributed by atoms with E-state index >= 15 is 0 Å². The average Bonchev–Trinajstić information content (AvgIpc) is 2.44. The first-order valence-corrected chi connectivity index (χ1v) is 4.43. The number of hydrogen-bond donors (Lipinski definition) is 0. The number of aromatic nitrogens is 2. The normalized spacial score (nSPS) is 10.6. The number of nitrogens with zero attached hydrogens (tertiary/aromatic N) is 2. The molecule has 4 nitrogen and oxygen atoms in total. The largest absolute Gasteiger partial charge is 0.465 e. The van der Waals surface area contributed by atoms with E-state index in [1.165, 1.54) is 13.3 Å². The summed E-state index contributed by atoms with van der Waals surface area (Å²) in [5.74, 6) is -0.614. The third-order valence-corrected chi connectivity index (χ3v) is 2.03. The fourth-order valence-corrected chi connectivity index (χ4v) is 1.35. The van der Waals surface area contributed by atoms with Crippen LogP contribution in [-0.4, -0.2) is 29.3 Å². The lowest BCUT2D eigenvalue weighted by atomic mass is 10.4. The molecule has 1 rings (SSSR count). The van der Waals surface area contributed by atoms with Gasteiger partial charge in [0.05, 0.1) is 7.11 Å². The number of hydrogen-bond acceptors (Lipinski definition) is 3. The van der Waals surface area contributed by atoms with E-state index in [2.05, 4.69) is 25.8 Å². The van der Waals surface area contributed by atoms with Crippen LogP contribution in [0.4, 0.5) is 8.78 Å². The summed E-state index contributed by atoms with van der Waals surface area (Å²) in [5, 5.41) is 3.67. The van der Waals surface area contributed by atoms with Gasteiger partial charge in [0, 0.05) is 6.20 Å². The number of ether oxygens (including phenoxy) is 1. The molecule has 1 aromatic rings. The molecule has 0 fully saturated rings. The van der Waals surface area contributed by atoms with Crippen molar-refractivity contribution in [3.05, 3.63) is 16.4 Å². The molecule has 78 valence electrons. The number of halogens is 3. The van der Waals surface area contributed by atoms with Gasteiger partial charge in [-0.2, -0.15) is 5.10 Å².